The van der Waals surface area contributed by atoms with Crippen LogP contribution < -0.4 is 3.58 Å². The Labute approximate surface area is 82.7 Å². The Morgan fingerprint density at radius 2 is 1.83 bits per heavy atom. The molecule has 1 heteroatoms. The molecule has 0 atom stereocenters. The van der Waals surface area contributed by atoms with Crippen LogP contribution >= 0.6 is 0 Å². The molecule has 1 radical (unpaired) electrons. The Kier molecular flexibility index (Phi) is 4.74. The molecular formula is C11H17Sn. The zero-order valence-corrected chi connectivity index (χ0v) is 10.9. The van der Waals surface area contributed by atoms with Crippen LogP contribution in [0.2, 0.25) is 9.38 Å². The van der Waals surface area contributed by atoms with E-state index in [4.69, 9.17) is 0 Å². The monoisotopic (exact) mass is 269 g/mol. The van der Waals surface area contributed by atoms with Crippen molar-refractivity contribution < 1.29 is 0 Å². The number of hydrogen-bond acceptors (Lipinski definition) is 0. The SMILES string of the molecule is CCC[CH2][Sn]([CH3])[c]1ccccc1. The standard InChI is InChI=1S/C6H5.C4H9.CH3.Sn/c1-2-4-6-5-3-1;1-3-4-2;;/h1-5H;1,3-4H2,2H3;1H3;. The molecule has 0 aliphatic heterocycles. The van der Waals surface area contributed by atoms with Crippen LogP contribution in [0.3, 0.4) is 0 Å². The molecule has 1 rings (SSSR count). The van der Waals surface area contributed by atoms with Crippen molar-refractivity contribution in [3.05, 3.63) is 30.3 Å². The Hall–Kier alpha value is 0.0187. The average Bonchev–Trinajstić information content (AvgIpc) is 2.15. The van der Waals surface area contributed by atoms with Crippen molar-refractivity contribution in [2.75, 3.05) is 0 Å². The van der Waals surface area contributed by atoms with Crippen LogP contribution in [-0.2, 0) is 0 Å². The van der Waals surface area contributed by atoms with Gasteiger partial charge < -0.3 is 0 Å². The number of hydrogen-bond donors (Lipinski definition) is 0. The topological polar surface area (TPSA) is 0 Å². The van der Waals surface area contributed by atoms with Gasteiger partial charge in [0.05, 0.1) is 0 Å². The molecule has 1 aromatic rings. The molecular weight excluding hydrogens is 251 g/mol. The second-order valence-electron chi connectivity index (χ2n) is 3.25. The molecule has 0 saturated carbocycles. The Morgan fingerprint density at radius 1 is 1.17 bits per heavy atom. The van der Waals surface area contributed by atoms with E-state index >= 15 is 0 Å². The molecule has 0 aromatic heterocycles. The molecule has 1 aromatic carbocycles. The molecule has 0 aliphatic carbocycles. The zero-order chi connectivity index (χ0) is 8.81. The summed E-state index contributed by atoms with van der Waals surface area (Å²) < 4.78 is 3.19. The normalized spacial score (nSPS) is 10.6. The molecule has 0 amide bonds. The molecule has 0 N–H and O–H groups in total. The van der Waals surface area contributed by atoms with E-state index in [2.05, 4.69) is 42.2 Å². The predicted molar refractivity (Wildman–Crippen MR) is 57.4 cm³/mol. The summed E-state index contributed by atoms with van der Waals surface area (Å²) >= 11 is -1.12. The van der Waals surface area contributed by atoms with E-state index in [1.54, 1.807) is 3.58 Å². The first kappa shape index (κ1) is 10.1. The molecule has 0 bridgehead atoms. The first-order valence-electron chi connectivity index (χ1n) is 4.72. The minimum atomic E-state index is -1.12. The Morgan fingerprint density at radius 3 is 2.42 bits per heavy atom. The van der Waals surface area contributed by atoms with Crippen LogP contribution in [0.1, 0.15) is 19.8 Å². The van der Waals surface area contributed by atoms with Crippen molar-refractivity contribution in [2.45, 2.75) is 29.1 Å². The van der Waals surface area contributed by atoms with Crippen LogP contribution in [0.5, 0.6) is 0 Å². The van der Waals surface area contributed by atoms with Gasteiger partial charge in [-0.2, -0.15) is 0 Å². The number of unbranched alkanes of at least 4 members (excludes halogenated alkanes) is 1. The van der Waals surface area contributed by atoms with Gasteiger partial charge in [0.1, 0.15) is 0 Å². The van der Waals surface area contributed by atoms with Crippen molar-refractivity contribution >= 4 is 23.3 Å². The van der Waals surface area contributed by atoms with Crippen LogP contribution in [0.25, 0.3) is 0 Å². The van der Waals surface area contributed by atoms with Gasteiger partial charge in [0.15, 0.2) is 0 Å². The summed E-state index contributed by atoms with van der Waals surface area (Å²) in [6.07, 6.45) is 2.78. The van der Waals surface area contributed by atoms with E-state index in [9.17, 15) is 0 Å². The van der Waals surface area contributed by atoms with Crippen molar-refractivity contribution in [1.29, 1.82) is 0 Å². The summed E-state index contributed by atoms with van der Waals surface area (Å²) in [6, 6.07) is 11.1. The van der Waals surface area contributed by atoms with Crippen molar-refractivity contribution in [1.82, 2.24) is 0 Å². The van der Waals surface area contributed by atoms with E-state index in [0.29, 0.717) is 0 Å². The maximum atomic E-state index is 2.51. The third kappa shape index (κ3) is 3.18. The Bertz CT molecular complexity index is 206. The second-order valence-corrected chi connectivity index (χ2v) is 10.8. The summed E-state index contributed by atoms with van der Waals surface area (Å²) in [5.74, 6) is 0. The number of rotatable bonds is 4. The van der Waals surface area contributed by atoms with E-state index in [-0.39, 0.29) is 0 Å². The fraction of sp³-hybridized carbons (Fsp3) is 0.455. The summed E-state index contributed by atoms with van der Waals surface area (Å²) in [5.41, 5.74) is 0. The molecule has 0 fully saturated rings. The average molecular weight is 268 g/mol. The van der Waals surface area contributed by atoms with Crippen LogP contribution in [-0.4, -0.2) is 19.8 Å². The fourth-order valence-electron chi connectivity index (χ4n) is 1.31. The number of benzene rings is 1. The molecule has 12 heavy (non-hydrogen) atoms. The minimum absolute atomic E-state index is 1.12. The van der Waals surface area contributed by atoms with Crippen molar-refractivity contribution in [2.24, 2.45) is 0 Å². The van der Waals surface area contributed by atoms with Crippen LogP contribution in [0, 0.1) is 0 Å². The van der Waals surface area contributed by atoms with Gasteiger partial charge in [-0.05, 0) is 0 Å². The maximum absolute atomic E-state index is 2.51. The van der Waals surface area contributed by atoms with Gasteiger partial charge in [-0.15, -0.1) is 0 Å². The zero-order valence-electron chi connectivity index (χ0n) is 8.01. The van der Waals surface area contributed by atoms with Gasteiger partial charge in [0.2, 0.25) is 0 Å². The van der Waals surface area contributed by atoms with Gasteiger partial charge >= 0.3 is 82.8 Å². The summed E-state index contributed by atoms with van der Waals surface area (Å²) in [7, 11) is 0. The Balaban J connectivity index is 2.48. The first-order chi connectivity index (χ1) is 5.84. The molecule has 0 nitrogen and oxygen atoms in total. The van der Waals surface area contributed by atoms with Gasteiger partial charge in [-0.25, -0.2) is 0 Å². The van der Waals surface area contributed by atoms with E-state index in [1.807, 2.05) is 0 Å². The summed E-state index contributed by atoms with van der Waals surface area (Å²) in [5, 5.41) is 0. The van der Waals surface area contributed by atoms with E-state index < -0.39 is 19.8 Å². The molecule has 0 heterocycles. The van der Waals surface area contributed by atoms with Crippen molar-refractivity contribution in [3.63, 3.8) is 0 Å². The molecule has 0 aliphatic rings. The summed E-state index contributed by atoms with van der Waals surface area (Å²) in [6.45, 7) is 2.28. The van der Waals surface area contributed by atoms with Crippen LogP contribution in [0.4, 0.5) is 0 Å². The van der Waals surface area contributed by atoms with E-state index in [1.165, 1.54) is 17.3 Å². The third-order valence-electron chi connectivity index (χ3n) is 2.17. The van der Waals surface area contributed by atoms with Gasteiger partial charge in [-0.3, -0.25) is 0 Å². The predicted octanol–water partition coefficient (Wildman–Crippen LogP) is 2.82. The first-order valence-corrected chi connectivity index (χ1v) is 11.0. The van der Waals surface area contributed by atoms with Gasteiger partial charge in [0.25, 0.3) is 0 Å². The fourth-order valence-corrected chi connectivity index (χ4v) is 6.83. The molecule has 0 spiro atoms. The van der Waals surface area contributed by atoms with Gasteiger partial charge in [-0.1, -0.05) is 0 Å². The summed E-state index contributed by atoms with van der Waals surface area (Å²) in [4.78, 5) is 2.51. The molecule has 0 unspecified atom stereocenters. The second kappa shape index (κ2) is 5.63. The molecule has 65 valence electrons. The third-order valence-corrected chi connectivity index (χ3v) is 9.09. The van der Waals surface area contributed by atoms with Crippen molar-refractivity contribution in [3.8, 4) is 0 Å². The van der Waals surface area contributed by atoms with E-state index in [0.717, 1.165) is 0 Å². The van der Waals surface area contributed by atoms with Gasteiger partial charge in [0, 0.05) is 0 Å². The van der Waals surface area contributed by atoms with Crippen LogP contribution in [0.15, 0.2) is 30.3 Å². The quantitative estimate of drug-likeness (QED) is 0.736. The molecule has 0 saturated heterocycles.